The molecule has 0 atom stereocenters. The monoisotopic (exact) mass is 400 g/mol. The van der Waals surface area contributed by atoms with Crippen molar-refractivity contribution in [3.8, 4) is 0 Å². The van der Waals surface area contributed by atoms with E-state index in [0.29, 0.717) is 28.0 Å². The third-order valence-corrected chi connectivity index (χ3v) is 4.64. The molecule has 0 aliphatic carbocycles. The predicted octanol–water partition coefficient (Wildman–Crippen LogP) is 4.15. The van der Waals surface area contributed by atoms with E-state index >= 15 is 0 Å². The molecular weight excluding hydrogens is 384 g/mol. The minimum Gasteiger partial charge on any atom is -0.465 e. The third kappa shape index (κ3) is 3.92. The summed E-state index contributed by atoms with van der Waals surface area (Å²) in [6, 6.07) is 10.8. The minimum absolute atomic E-state index is 0.0768. The Hall–Kier alpha value is -3.12. The zero-order chi connectivity index (χ0) is 20.3. The molecule has 2 aromatic carbocycles. The summed E-state index contributed by atoms with van der Waals surface area (Å²) in [6.07, 6.45) is 0.683. The van der Waals surface area contributed by atoms with Crippen molar-refractivity contribution in [2.75, 3.05) is 7.11 Å². The zero-order valence-corrected chi connectivity index (χ0v) is 16.0. The Labute approximate surface area is 165 Å². The normalized spacial score (nSPS) is 10.7. The lowest BCUT2D eigenvalue weighted by Crippen LogP contribution is -2.13. The second-order valence-corrected chi connectivity index (χ2v) is 6.40. The summed E-state index contributed by atoms with van der Waals surface area (Å²) in [5, 5.41) is 1.11. The maximum atomic E-state index is 12.5. The van der Waals surface area contributed by atoms with Crippen LogP contribution in [0.4, 0.5) is 0 Å². The topological polar surface area (TPSA) is 82.8 Å². The molecule has 28 heavy (non-hydrogen) atoms. The molecule has 3 rings (SSSR count). The molecule has 0 unspecified atom stereocenters. The average molecular weight is 401 g/mol. The number of hydrogen-bond acceptors (Lipinski definition) is 6. The Morgan fingerprint density at radius 2 is 1.71 bits per heavy atom. The number of rotatable bonds is 5. The van der Waals surface area contributed by atoms with E-state index in [-0.39, 0.29) is 17.7 Å². The van der Waals surface area contributed by atoms with Gasteiger partial charge in [0, 0.05) is 22.0 Å². The van der Waals surface area contributed by atoms with Crippen molar-refractivity contribution in [2.45, 2.75) is 20.0 Å². The summed E-state index contributed by atoms with van der Waals surface area (Å²) in [7, 11) is 1.23. The third-order valence-electron chi connectivity index (χ3n) is 4.29. The van der Waals surface area contributed by atoms with Crippen molar-refractivity contribution in [3.05, 3.63) is 80.2 Å². The van der Waals surface area contributed by atoms with E-state index < -0.39 is 17.6 Å². The molecule has 1 heterocycles. The van der Waals surface area contributed by atoms with Crippen LogP contribution in [0.3, 0.4) is 0 Å². The van der Waals surface area contributed by atoms with E-state index in [1.54, 1.807) is 24.3 Å². The maximum absolute atomic E-state index is 12.5. The predicted molar refractivity (Wildman–Crippen MR) is 104 cm³/mol. The van der Waals surface area contributed by atoms with E-state index in [2.05, 4.69) is 4.74 Å². The van der Waals surface area contributed by atoms with Gasteiger partial charge in [-0.25, -0.2) is 14.4 Å². The molecule has 3 aromatic rings. The van der Waals surface area contributed by atoms with Gasteiger partial charge in [-0.1, -0.05) is 30.7 Å². The summed E-state index contributed by atoms with van der Waals surface area (Å²) in [5.74, 6) is -1.35. The van der Waals surface area contributed by atoms with E-state index in [1.165, 1.54) is 25.3 Å². The Morgan fingerprint density at radius 3 is 2.36 bits per heavy atom. The Balaban J connectivity index is 1.92. The fraction of sp³-hybridized carbons (Fsp3) is 0.190. The summed E-state index contributed by atoms with van der Waals surface area (Å²) < 4.78 is 15.3. The first-order valence-electron chi connectivity index (χ1n) is 8.54. The fourth-order valence-corrected chi connectivity index (χ4v) is 3.15. The number of benzene rings is 2. The smallest absolute Gasteiger partial charge is 0.339 e. The van der Waals surface area contributed by atoms with E-state index in [0.717, 1.165) is 5.56 Å². The fourth-order valence-electron chi connectivity index (χ4n) is 2.85. The Bertz CT molecular complexity index is 1120. The maximum Gasteiger partial charge on any atom is 0.339 e. The van der Waals surface area contributed by atoms with E-state index in [4.69, 9.17) is 20.8 Å². The number of carbonyl (C=O) groups excluding carboxylic acids is 2. The number of fused-ring (bicyclic) bond motifs is 1. The van der Waals surface area contributed by atoms with Gasteiger partial charge in [-0.3, -0.25) is 0 Å². The van der Waals surface area contributed by atoms with Crippen molar-refractivity contribution in [1.29, 1.82) is 0 Å². The molecule has 144 valence electrons. The molecule has 0 amide bonds. The molecular formula is C21H17ClO6. The molecule has 0 fully saturated rings. The number of methoxy groups -OCH3 is 1. The van der Waals surface area contributed by atoms with Crippen LogP contribution < -0.4 is 5.63 Å². The number of hydrogen-bond donors (Lipinski definition) is 0. The number of esters is 2. The number of halogens is 1. The second-order valence-electron chi connectivity index (χ2n) is 6.00. The van der Waals surface area contributed by atoms with Crippen LogP contribution >= 0.6 is 11.6 Å². The van der Waals surface area contributed by atoms with Gasteiger partial charge in [0.2, 0.25) is 0 Å². The van der Waals surface area contributed by atoms with Gasteiger partial charge in [0.1, 0.15) is 12.2 Å². The number of ether oxygens (including phenoxy) is 2. The SMILES string of the molecule is CCc1cc2oc(=O)cc(COC(=O)c3ccccc3C(=O)OC)c2cc1Cl. The van der Waals surface area contributed by atoms with Crippen LogP contribution in [0.25, 0.3) is 11.0 Å². The van der Waals surface area contributed by atoms with Gasteiger partial charge in [0.25, 0.3) is 0 Å². The lowest BCUT2D eigenvalue weighted by molar-refractivity contribution is 0.0458. The quantitative estimate of drug-likeness (QED) is 0.472. The van der Waals surface area contributed by atoms with Crippen LogP contribution in [0.15, 0.2) is 51.7 Å². The molecule has 0 saturated carbocycles. The molecule has 0 N–H and O–H groups in total. The summed E-state index contributed by atoms with van der Waals surface area (Å²) >= 11 is 6.27. The van der Waals surface area contributed by atoms with E-state index in [1.807, 2.05) is 6.92 Å². The molecule has 7 heteroatoms. The van der Waals surface area contributed by atoms with Gasteiger partial charge in [-0.05, 0) is 36.2 Å². The van der Waals surface area contributed by atoms with Crippen molar-refractivity contribution < 1.29 is 23.5 Å². The summed E-state index contributed by atoms with van der Waals surface area (Å²) in [6.45, 7) is 1.76. The van der Waals surface area contributed by atoms with Crippen molar-refractivity contribution in [2.24, 2.45) is 0 Å². The van der Waals surface area contributed by atoms with Crippen LogP contribution in [0, 0.1) is 0 Å². The van der Waals surface area contributed by atoms with Crippen molar-refractivity contribution in [3.63, 3.8) is 0 Å². The average Bonchev–Trinajstić information content (AvgIpc) is 2.71. The first-order valence-corrected chi connectivity index (χ1v) is 8.92. The highest BCUT2D eigenvalue weighted by Gasteiger charge is 2.19. The van der Waals surface area contributed by atoms with Crippen molar-refractivity contribution in [1.82, 2.24) is 0 Å². The molecule has 0 radical (unpaired) electrons. The highest BCUT2D eigenvalue weighted by atomic mass is 35.5. The second kappa shape index (κ2) is 8.27. The summed E-state index contributed by atoms with van der Waals surface area (Å²) in [4.78, 5) is 36.2. The molecule has 6 nitrogen and oxygen atoms in total. The molecule has 0 saturated heterocycles. The molecule has 0 aliphatic heterocycles. The first-order chi connectivity index (χ1) is 13.4. The lowest BCUT2D eigenvalue weighted by atomic mass is 10.1. The summed E-state index contributed by atoms with van der Waals surface area (Å²) in [5.41, 5.74) is 1.29. The molecule has 0 spiro atoms. The van der Waals surface area contributed by atoms with Crippen LogP contribution in [-0.2, 0) is 22.5 Å². The van der Waals surface area contributed by atoms with Gasteiger partial charge in [-0.2, -0.15) is 0 Å². The van der Waals surface area contributed by atoms with Gasteiger partial charge in [0.15, 0.2) is 0 Å². The van der Waals surface area contributed by atoms with Crippen LogP contribution in [-0.4, -0.2) is 19.0 Å². The van der Waals surface area contributed by atoms with Gasteiger partial charge in [-0.15, -0.1) is 0 Å². The molecule has 1 aromatic heterocycles. The molecule has 0 aliphatic rings. The lowest BCUT2D eigenvalue weighted by Gasteiger charge is -2.10. The Kier molecular flexibility index (Phi) is 5.80. The largest absolute Gasteiger partial charge is 0.465 e. The molecule has 0 bridgehead atoms. The minimum atomic E-state index is -0.710. The standard InChI is InChI=1S/C21H17ClO6/c1-3-12-8-18-16(10-17(12)22)13(9-19(23)28-18)11-27-21(25)15-7-5-4-6-14(15)20(24)26-2/h4-10H,3,11H2,1-2H3. The van der Waals surface area contributed by atoms with Crippen molar-refractivity contribution >= 4 is 34.5 Å². The first kappa shape index (κ1) is 19.6. The van der Waals surface area contributed by atoms with Crippen LogP contribution in [0.1, 0.15) is 38.8 Å². The Morgan fingerprint density at radius 1 is 1.04 bits per heavy atom. The highest BCUT2D eigenvalue weighted by Crippen LogP contribution is 2.26. The zero-order valence-electron chi connectivity index (χ0n) is 15.3. The van der Waals surface area contributed by atoms with Crippen LogP contribution in [0.2, 0.25) is 5.02 Å². The van der Waals surface area contributed by atoms with Gasteiger partial charge in [0.05, 0.1) is 18.2 Å². The number of aryl methyl sites for hydroxylation is 1. The van der Waals surface area contributed by atoms with E-state index in [9.17, 15) is 14.4 Å². The van der Waals surface area contributed by atoms with Crippen LogP contribution in [0.5, 0.6) is 0 Å². The number of carbonyl (C=O) groups is 2. The highest BCUT2D eigenvalue weighted by molar-refractivity contribution is 6.32. The van der Waals surface area contributed by atoms with Gasteiger partial charge >= 0.3 is 17.6 Å². The van der Waals surface area contributed by atoms with Gasteiger partial charge < -0.3 is 13.9 Å².